The van der Waals surface area contributed by atoms with Crippen LogP contribution in [0, 0.1) is 17.8 Å². The first-order valence-corrected chi connectivity index (χ1v) is 19.4. The molecule has 0 aromatic rings. The minimum absolute atomic E-state index is 0.916. The van der Waals surface area contributed by atoms with Gasteiger partial charge in [0.2, 0.25) is 0 Å². The van der Waals surface area contributed by atoms with Crippen molar-refractivity contribution in [3.05, 3.63) is 0 Å². The Labute approximate surface area is 185 Å². The Morgan fingerprint density at radius 2 is 1.00 bits per heavy atom. The van der Waals surface area contributed by atoms with Crippen molar-refractivity contribution in [3.8, 4) is 0 Å². The summed E-state index contributed by atoms with van der Waals surface area (Å²) in [5.74, 6) is 1.29. The topological polar surface area (TPSA) is 37.3 Å². The third kappa shape index (κ3) is 23.3. The molecule has 1 radical (unpaired) electrons. The van der Waals surface area contributed by atoms with E-state index in [1.54, 1.807) is 31.2 Å². The van der Waals surface area contributed by atoms with Crippen molar-refractivity contribution in [3.63, 3.8) is 0 Å². The second kappa shape index (κ2) is 17.1. The molecule has 0 spiro atoms. The molecule has 0 rings (SSSR count). The maximum absolute atomic E-state index is 9.62. The van der Waals surface area contributed by atoms with Gasteiger partial charge in [0.25, 0.3) is 3.79 Å². The van der Waals surface area contributed by atoms with Gasteiger partial charge >= 0.3 is 138 Å². The smallest absolute Gasteiger partial charge is 0.356 e. The SMILES string of the molecule is CC(C)CC[CH2][Pb]([CH2]CCC(C)C)[CH2]CCC(C)C.O=C(O)C(Cl)(Cl)Cl. The van der Waals surface area contributed by atoms with Crippen LogP contribution in [0.5, 0.6) is 0 Å². The minimum atomic E-state index is -2.17. The van der Waals surface area contributed by atoms with E-state index >= 15 is 0 Å². The van der Waals surface area contributed by atoms with Crippen LogP contribution >= 0.6 is 34.8 Å². The molecule has 2 nitrogen and oxygen atoms in total. The van der Waals surface area contributed by atoms with Crippen LogP contribution in [0.1, 0.15) is 80.1 Å². The third-order valence-electron chi connectivity index (χ3n) is 4.18. The van der Waals surface area contributed by atoms with Gasteiger partial charge in [-0.25, -0.2) is 4.79 Å². The second-order valence-electron chi connectivity index (χ2n) is 8.41. The summed E-state index contributed by atoms with van der Waals surface area (Å²) in [4.78, 5) is 9.62. The zero-order valence-electron chi connectivity index (χ0n) is 17.6. The summed E-state index contributed by atoms with van der Waals surface area (Å²) in [5.41, 5.74) is 0. The van der Waals surface area contributed by atoms with Gasteiger partial charge in [0.05, 0.1) is 0 Å². The van der Waals surface area contributed by atoms with Gasteiger partial charge in [-0.1, -0.05) is 34.8 Å². The fourth-order valence-electron chi connectivity index (χ4n) is 2.66. The molecule has 26 heavy (non-hydrogen) atoms. The maximum atomic E-state index is 9.62. The summed E-state index contributed by atoms with van der Waals surface area (Å²) in [6.07, 6.45) is 9.06. The molecule has 0 saturated heterocycles. The van der Waals surface area contributed by atoms with Gasteiger partial charge in [-0.3, -0.25) is 0 Å². The van der Waals surface area contributed by atoms with Gasteiger partial charge in [-0.2, -0.15) is 0 Å². The number of carbonyl (C=O) groups is 1. The summed E-state index contributed by atoms with van der Waals surface area (Å²) in [7, 11) is 0. The van der Waals surface area contributed by atoms with Crippen molar-refractivity contribution in [2.75, 3.05) is 0 Å². The number of carboxylic acid groups (broad SMARTS) is 1. The molecule has 0 fully saturated rings. The molecule has 6 heteroatoms. The van der Waals surface area contributed by atoms with Crippen LogP contribution in [-0.4, -0.2) is 37.6 Å². The van der Waals surface area contributed by atoms with E-state index in [0.717, 1.165) is 17.8 Å². The third-order valence-corrected chi connectivity index (χ3v) is 17.0. The van der Waals surface area contributed by atoms with E-state index in [1.807, 2.05) is 0 Å². The summed E-state index contributed by atoms with van der Waals surface area (Å²) in [5, 5.41) is 7.85. The van der Waals surface area contributed by atoms with E-state index in [4.69, 9.17) is 39.9 Å². The molecule has 0 aromatic heterocycles. The molecule has 0 saturated carbocycles. The minimum Gasteiger partial charge on any atom is -0.478 e. The largest absolute Gasteiger partial charge is 0.478 e. The van der Waals surface area contributed by atoms with Crippen LogP contribution in [0.3, 0.4) is 0 Å². The van der Waals surface area contributed by atoms with E-state index in [0.29, 0.717) is 0 Å². The summed E-state index contributed by atoms with van der Waals surface area (Å²) >= 11 is 13.2. The molecule has 0 aliphatic carbocycles. The fourth-order valence-corrected chi connectivity index (χ4v) is 13.8. The Balaban J connectivity index is 0. The van der Waals surface area contributed by atoms with E-state index < -0.39 is 32.5 Å². The molecule has 0 bridgehead atoms. The number of halogens is 3. The zero-order valence-corrected chi connectivity index (χ0v) is 23.7. The van der Waals surface area contributed by atoms with Gasteiger partial charge in [-0.15, -0.1) is 0 Å². The van der Waals surface area contributed by atoms with Crippen molar-refractivity contribution in [2.24, 2.45) is 17.8 Å². The van der Waals surface area contributed by atoms with Crippen LogP contribution < -0.4 is 0 Å². The van der Waals surface area contributed by atoms with Gasteiger partial charge in [0.1, 0.15) is 0 Å². The monoisotopic (exact) mass is 625 g/mol. The van der Waals surface area contributed by atoms with Crippen molar-refractivity contribution >= 4 is 63.5 Å². The van der Waals surface area contributed by atoms with Gasteiger partial charge in [-0.05, 0) is 0 Å². The number of aliphatic carboxylic acids is 1. The van der Waals surface area contributed by atoms with Gasteiger partial charge in [0, 0.05) is 0 Å². The van der Waals surface area contributed by atoms with Crippen molar-refractivity contribution in [1.82, 2.24) is 0 Å². The van der Waals surface area contributed by atoms with Crippen LogP contribution in [0.4, 0.5) is 0 Å². The molecule has 0 heterocycles. The number of carboxylic acids is 1. The molecule has 0 atom stereocenters. The van der Waals surface area contributed by atoms with E-state index in [9.17, 15) is 4.79 Å². The fraction of sp³-hybridized carbons (Fsp3) is 0.950. The zero-order chi connectivity index (χ0) is 20.8. The summed E-state index contributed by atoms with van der Waals surface area (Å²) in [6.45, 7) is 14.3. The standard InChI is InChI=1S/3C6H13.C2HCl3O2.Pb/c3*1-4-5-6(2)3;3-2(4,5)1(6)7;/h3*6H,1,4-5H2,2-3H3;(H,6,7);. The Kier molecular flexibility index (Phi) is 19.4. The van der Waals surface area contributed by atoms with Gasteiger partial charge in [0.15, 0.2) is 0 Å². The molecular formula is C20H40Cl3O2Pb. The Hall–Kier alpha value is 1.26. The molecule has 0 aromatic carbocycles. The van der Waals surface area contributed by atoms with Crippen molar-refractivity contribution in [2.45, 2.75) is 95.8 Å². The van der Waals surface area contributed by atoms with Gasteiger partial charge < -0.3 is 5.11 Å². The molecule has 0 amide bonds. The molecule has 1 N–H and O–H groups in total. The first kappa shape index (κ1) is 29.5. The Morgan fingerprint density at radius 3 is 1.15 bits per heavy atom. The van der Waals surface area contributed by atoms with E-state index in [2.05, 4.69) is 41.5 Å². The first-order valence-electron chi connectivity index (χ1n) is 9.99. The van der Waals surface area contributed by atoms with Crippen LogP contribution in [-0.2, 0) is 4.79 Å². The number of hydrogen-bond donors (Lipinski definition) is 1. The quantitative estimate of drug-likeness (QED) is 0.175. The molecule has 0 aliphatic rings. The number of alkyl halides is 3. The van der Waals surface area contributed by atoms with Crippen molar-refractivity contribution in [1.29, 1.82) is 0 Å². The summed E-state index contributed by atoms with van der Waals surface area (Å²) in [6, 6.07) is 0. The van der Waals surface area contributed by atoms with Crippen LogP contribution in [0.25, 0.3) is 0 Å². The normalized spacial score (nSPS) is 12.0. The Bertz CT molecular complexity index is 309. The molecule has 157 valence electrons. The summed E-state index contributed by atoms with van der Waals surface area (Å²) < 4.78 is 2.91. The number of rotatable bonds is 12. The average molecular weight is 626 g/mol. The average Bonchev–Trinajstić information content (AvgIpc) is 2.45. The first-order chi connectivity index (χ1) is 11.9. The Morgan fingerprint density at radius 1 is 0.769 bits per heavy atom. The molecular weight excluding hydrogens is 586 g/mol. The predicted molar refractivity (Wildman–Crippen MR) is 120 cm³/mol. The van der Waals surface area contributed by atoms with Crippen LogP contribution in [0.15, 0.2) is 0 Å². The van der Waals surface area contributed by atoms with E-state index in [1.165, 1.54) is 19.3 Å². The molecule has 0 aliphatic heterocycles. The van der Waals surface area contributed by atoms with Crippen molar-refractivity contribution < 1.29 is 9.90 Å². The second-order valence-corrected chi connectivity index (χ2v) is 22.4. The predicted octanol–water partition coefficient (Wildman–Crippen LogP) is 8.23. The van der Waals surface area contributed by atoms with Crippen LogP contribution in [0.2, 0.25) is 11.9 Å². The maximum Gasteiger partial charge on any atom is 0.356 e. The number of hydrogen-bond acceptors (Lipinski definition) is 1. The molecule has 0 unspecified atom stereocenters. The van der Waals surface area contributed by atoms with E-state index in [-0.39, 0.29) is 0 Å².